The summed E-state index contributed by atoms with van der Waals surface area (Å²) in [5, 5.41) is 5.57. The maximum absolute atomic E-state index is 12.3. The SMILES string of the molecule is Cn1c(SCC(=O)Nc2cc(S(C)(=O)=O)ccc2Cl)nc2sccc2c1=O. The van der Waals surface area contributed by atoms with Crippen molar-refractivity contribution in [1.82, 2.24) is 9.55 Å². The van der Waals surface area contributed by atoms with Crippen LogP contribution < -0.4 is 10.9 Å². The van der Waals surface area contributed by atoms with E-state index in [2.05, 4.69) is 10.3 Å². The minimum atomic E-state index is -3.42. The minimum absolute atomic E-state index is 0.0173. The Kier molecular flexibility index (Phi) is 5.61. The molecular weight excluding hydrogens is 430 g/mol. The van der Waals surface area contributed by atoms with Crippen LogP contribution in [-0.4, -0.2) is 35.9 Å². The molecule has 2 heterocycles. The summed E-state index contributed by atoms with van der Waals surface area (Å²) in [7, 11) is -1.82. The molecule has 2 aromatic heterocycles. The summed E-state index contributed by atoms with van der Waals surface area (Å²) in [5.74, 6) is -0.413. The first kappa shape index (κ1) is 19.9. The summed E-state index contributed by atoms with van der Waals surface area (Å²) < 4.78 is 24.7. The van der Waals surface area contributed by atoms with E-state index in [9.17, 15) is 18.0 Å². The van der Waals surface area contributed by atoms with Crippen molar-refractivity contribution in [2.75, 3.05) is 17.3 Å². The number of hydrogen-bond donors (Lipinski definition) is 1. The van der Waals surface area contributed by atoms with E-state index in [1.165, 1.54) is 34.1 Å². The number of hydrogen-bond acceptors (Lipinski definition) is 7. The molecule has 0 unspecified atom stereocenters. The molecule has 0 saturated heterocycles. The Labute approximate surface area is 168 Å². The van der Waals surface area contributed by atoms with Crippen LogP contribution >= 0.6 is 34.7 Å². The Bertz CT molecular complexity index is 1200. The van der Waals surface area contributed by atoms with Crippen LogP contribution in [0.25, 0.3) is 10.2 Å². The molecule has 27 heavy (non-hydrogen) atoms. The second-order valence-corrected chi connectivity index (χ2v) is 9.91. The lowest BCUT2D eigenvalue weighted by Crippen LogP contribution is -2.21. The van der Waals surface area contributed by atoms with E-state index >= 15 is 0 Å². The van der Waals surface area contributed by atoms with Crippen molar-refractivity contribution in [3.05, 3.63) is 45.0 Å². The third kappa shape index (κ3) is 4.34. The van der Waals surface area contributed by atoms with Gasteiger partial charge in [0.2, 0.25) is 5.91 Å². The van der Waals surface area contributed by atoms with Gasteiger partial charge < -0.3 is 5.32 Å². The number of fused-ring (bicyclic) bond motifs is 1. The Morgan fingerprint density at radius 1 is 1.37 bits per heavy atom. The zero-order chi connectivity index (χ0) is 19.8. The van der Waals surface area contributed by atoms with Crippen LogP contribution in [0, 0.1) is 0 Å². The summed E-state index contributed by atoms with van der Waals surface area (Å²) in [5.41, 5.74) is 0.0359. The van der Waals surface area contributed by atoms with Gasteiger partial charge in [0.1, 0.15) is 4.83 Å². The highest BCUT2D eigenvalue weighted by Gasteiger charge is 2.14. The fourth-order valence-corrected chi connectivity index (χ4v) is 4.65. The number of amides is 1. The molecule has 7 nitrogen and oxygen atoms in total. The van der Waals surface area contributed by atoms with Crippen molar-refractivity contribution in [2.24, 2.45) is 7.05 Å². The molecule has 1 N–H and O–H groups in total. The highest BCUT2D eigenvalue weighted by molar-refractivity contribution is 7.99. The second kappa shape index (κ2) is 7.63. The number of carbonyl (C=O) groups is 1. The lowest BCUT2D eigenvalue weighted by molar-refractivity contribution is -0.113. The lowest BCUT2D eigenvalue weighted by atomic mass is 10.3. The Hall–Kier alpha value is -1.88. The summed E-state index contributed by atoms with van der Waals surface area (Å²) >= 11 is 8.50. The normalized spacial score (nSPS) is 11.7. The third-order valence-electron chi connectivity index (χ3n) is 3.64. The number of anilines is 1. The number of nitrogens with zero attached hydrogens (tertiary/aromatic N) is 2. The highest BCUT2D eigenvalue weighted by atomic mass is 35.5. The van der Waals surface area contributed by atoms with Crippen molar-refractivity contribution in [3.63, 3.8) is 0 Å². The molecule has 0 radical (unpaired) electrons. The first-order valence-electron chi connectivity index (χ1n) is 7.53. The first-order chi connectivity index (χ1) is 12.7. The highest BCUT2D eigenvalue weighted by Crippen LogP contribution is 2.26. The average Bonchev–Trinajstić information content (AvgIpc) is 3.06. The second-order valence-electron chi connectivity index (χ2n) is 5.65. The molecule has 11 heteroatoms. The lowest BCUT2D eigenvalue weighted by Gasteiger charge is -2.10. The maximum atomic E-state index is 12.3. The summed E-state index contributed by atoms with van der Waals surface area (Å²) in [6.45, 7) is 0. The van der Waals surface area contributed by atoms with E-state index in [0.717, 1.165) is 18.0 Å². The van der Waals surface area contributed by atoms with Crippen molar-refractivity contribution >= 4 is 66.3 Å². The van der Waals surface area contributed by atoms with E-state index in [1.807, 2.05) is 0 Å². The molecule has 3 rings (SSSR count). The molecule has 0 spiro atoms. The predicted octanol–water partition coefficient (Wildman–Crippen LogP) is 2.78. The van der Waals surface area contributed by atoms with Gasteiger partial charge in [0.05, 0.1) is 26.7 Å². The topological polar surface area (TPSA) is 98.1 Å². The zero-order valence-electron chi connectivity index (χ0n) is 14.2. The van der Waals surface area contributed by atoms with Crippen molar-refractivity contribution in [2.45, 2.75) is 10.1 Å². The molecular formula is C16H14ClN3O4S3. The average molecular weight is 444 g/mol. The van der Waals surface area contributed by atoms with Gasteiger partial charge in [-0.3, -0.25) is 14.2 Å². The molecule has 0 bridgehead atoms. The number of carbonyl (C=O) groups excluding carboxylic acids is 1. The molecule has 0 aliphatic heterocycles. The number of halogens is 1. The number of benzene rings is 1. The maximum Gasteiger partial charge on any atom is 0.262 e. The van der Waals surface area contributed by atoms with E-state index in [1.54, 1.807) is 18.5 Å². The summed E-state index contributed by atoms with van der Waals surface area (Å²) in [6, 6.07) is 5.81. The molecule has 142 valence electrons. The Morgan fingerprint density at radius 2 is 2.11 bits per heavy atom. The Balaban J connectivity index is 1.76. The summed E-state index contributed by atoms with van der Waals surface area (Å²) in [6.07, 6.45) is 1.07. The Morgan fingerprint density at radius 3 is 2.81 bits per heavy atom. The molecule has 0 saturated carbocycles. The third-order valence-corrected chi connectivity index (χ3v) is 6.91. The monoisotopic (exact) mass is 443 g/mol. The fraction of sp³-hybridized carbons (Fsp3) is 0.188. The number of sulfone groups is 1. The van der Waals surface area contributed by atoms with E-state index in [-0.39, 0.29) is 26.9 Å². The van der Waals surface area contributed by atoms with Crippen molar-refractivity contribution in [3.8, 4) is 0 Å². The molecule has 1 amide bonds. The molecule has 0 atom stereocenters. The van der Waals surface area contributed by atoms with Gasteiger partial charge >= 0.3 is 0 Å². The van der Waals surface area contributed by atoms with Gasteiger partial charge in [0, 0.05) is 13.3 Å². The number of rotatable bonds is 5. The van der Waals surface area contributed by atoms with Crippen LogP contribution in [0.2, 0.25) is 5.02 Å². The van der Waals surface area contributed by atoms with Crippen LogP contribution in [0.1, 0.15) is 0 Å². The van der Waals surface area contributed by atoms with Crippen LogP contribution in [0.5, 0.6) is 0 Å². The van der Waals surface area contributed by atoms with Gasteiger partial charge in [-0.25, -0.2) is 13.4 Å². The van der Waals surface area contributed by atoms with Crippen LogP contribution in [-0.2, 0) is 21.7 Å². The van der Waals surface area contributed by atoms with Gasteiger partial charge in [0.15, 0.2) is 15.0 Å². The molecule has 0 aliphatic carbocycles. The van der Waals surface area contributed by atoms with Crippen LogP contribution in [0.3, 0.4) is 0 Å². The standard InChI is InChI=1S/C16H14ClN3O4S3/c1-20-15(22)10-5-6-25-14(10)19-16(20)26-8-13(21)18-12-7-9(27(2,23)24)3-4-11(12)17/h3-7H,8H2,1-2H3,(H,18,21). The van der Waals surface area contributed by atoms with Crippen molar-refractivity contribution in [1.29, 1.82) is 0 Å². The van der Waals surface area contributed by atoms with Crippen LogP contribution in [0.15, 0.2) is 44.5 Å². The van der Waals surface area contributed by atoms with E-state index in [0.29, 0.717) is 15.4 Å². The van der Waals surface area contributed by atoms with Crippen molar-refractivity contribution < 1.29 is 13.2 Å². The van der Waals surface area contributed by atoms with Gasteiger partial charge in [-0.15, -0.1) is 11.3 Å². The van der Waals surface area contributed by atoms with E-state index in [4.69, 9.17) is 11.6 Å². The van der Waals surface area contributed by atoms with Gasteiger partial charge in [-0.05, 0) is 29.6 Å². The number of thioether (sulfide) groups is 1. The van der Waals surface area contributed by atoms with Gasteiger partial charge in [-0.2, -0.15) is 0 Å². The molecule has 3 aromatic rings. The molecule has 0 aliphatic rings. The quantitative estimate of drug-likeness (QED) is 0.481. The van der Waals surface area contributed by atoms with Gasteiger partial charge in [0.25, 0.3) is 5.56 Å². The minimum Gasteiger partial charge on any atom is -0.324 e. The zero-order valence-corrected chi connectivity index (χ0v) is 17.4. The van der Waals surface area contributed by atoms with Crippen LogP contribution in [0.4, 0.5) is 5.69 Å². The number of thiophene rings is 1. The largest absolute Gasteiger partial charge is 0.324 e. The van der Waals surface area contributed by atoms with E-state index < -0.39 is 15.7 Å². The molecule has 1 aromatic carbocycles. The fourth-order valence-electron chi connectivity index (χ4n) is 2.26. The predicted molar refractivity (Wildman–Crippen MR) is 109 cm³/mol. The molecule has 0 fully saturated rings. The number of aromatic nitrogens is 2. The van der Waals surface area contributed by atoms with Gasteiger partial charge in [-0.1, -0.05) is 23.4 Å². The number of nitrogens with one attached hydrogen (secondary N) is 1. The summed E-state index contributed by atoms with van der Waals surface area (Å²) in [4.78, 5) is 29.6. The first-order valence-corrected chi connectivity index (χ1v) is 11.7. The smallest absolute Gasteiger partial charge is 0.262 e.